The van der Waals surface area contributed by atoms with E-state index in [1.807, 2.05) is 0 Å². The quantitative estimate of drug-likeness (QED) is 0.438. The number of benzene rings is 1. The first-order valence-corrected chi connectivity index (χ1v) is 8.35. The van der Waals surface area contributed by atoms with E-state index in [2.05, 4.69) is 15.9 Å². The summed E-state index contributed by atoms with van der Waals surface area (Å²) in [6.07, 6.45) is 0. The maximum absolute atomic E-state index is 11.7. The minimum absolute atomic E-state index is 0.0106. The molecular weight excluding hydrogens is 383 g/mol. The molecule has 0 saturated heterocycles. The summed E-state index contributed by atoms with van der Waals surface area (Å²) in [5, 5.41) is 0.0421. The summed E-state index contributed by atoms with van der Waals surface area (Å²) in [5.74, 6) is -0.715. The van der Waals surface area contributed by atoms with Gasteiger partial charge in [0.25, 0.3) is 9.05 Å². The summed E-state index contributed by atoms with van der Waals surface area (Å²) in [6.45, 7) is 0.280. The fourth-order valence-corrected chi connectivity index (χ4v) is 3.54. The van der Waals surface area contributed by atoms with Crippen molar-refractivity contribution in [3.63, 3.8) is 0 Å². The molecule has 0 aromatic heterocycles. The summed E-state index contributed by atoms with van der Waals surface area (Å²) < 4.78 is 32.4. The van der Waals surface area contributed by atoms with Crippen LogP contribution in [0.5, 0.6) is 0 Å². The van der Waals surface area contributed by atoms with E-state index in [0.29, 0.717) is 0 Å². The Bertz CT molecular complexity index is 588. The molecule has 1 aromatic rings. The number of rotatable bonds is 5. The van der Waals surface area contributed by atoms with Gasteiger partial charge < -0.3 is 9.47 Å². The van der Waals surface area contributed by atoms with E-state index in [4.69, 9.17) is 31.8 Å². The van der Waals surface area contributed by atoms with E-state index in [0.717, 1.165) is 6.07 Å². The number of halogens is 3. The van der Waals surface area contributed by atoms with E-state index in [9.17, 15) is 13.2 Å². The molecule has 0 aliphatic rings. The summed E-state index contributed by atoms with van der Waals surface area (Å²) in [5.41, 5.74) is -0.0106. The Morgan fingerprint density at radius 2 is 2.00 bits per heavy atom. The molecule has 0 saturated carbocycles. The van der Waals surface area contributed by atoms with Crippen LogP contribution in [0, 0.1) is 0 Å². The maximum atomic E-state index is 11.7. The zero-order valence-corrected chi connectivity index (χ0v) is 13.6. The first-order chi connectivity index (χ1) is 8.77. The minimum Gasteiger partial charge on any atom is -0.460 e. The van der Waals surface area contributed by atoms with Gasteiger partial charge in [0.1, 0.15) is 6.61 Å². The van der Waals surface area contributed by atoms with Crippen molar-refractivity contribution in [3.8, 4) is 0 Å². The van der Waals surface area contributed by atoms with Gasteiger partial charge in [-0.15, -0.1) is 0 Å². The van der Waals surface area contributed by atoms with Gasteiger partial charge in [0.15, 0.2) is 0 Å². The van der Waals surface area contributed by atoms with Crippen LogP contribution < -0.4 is 0 Å². The molecular formula is C10H9BrCl2O5S. The highest BCUT2D eigenvalue weighted by molar-refractivity contribution is 9.10. The summed E-state index contributed by atoms with van der Waals surface area (Å²) in [6, 6.07) is 2.37. The van der Waals surface area contributed by atoms with E-state index >= 15 is 0 Å². The average molecular weight is 392 g/mol. The second-order valence-corrected chi connectivity index (χ2v) is 7.07. The first-order valence-electron chi connectivity index (χ1n) is 4.87. The van der Waals surface area contributed by atoms with Crippen LogP contribution in [0.4, 0.5) is 0 Å². The van der Waals surface area contributed by atoms with Crippen LogP contribution in [0.3, 0.4) is 0 Å². The predicted octanol–water partition coefficient (Wildman–Crippen LogP) is 2.83. The van der Waals surface area contributed by atoms with Gasteiger partial charge in [0, 0.05) is 17.8 Å². The first kappa shape index (κ1) is 16.7. The summed E-state index contributed by atoms with van der Waals surface area (Å²) >= 11 is 8.82. The number of hydrogen-bond donors (Lipinski definition) is 0. The van der Waals surface area contributed by atoms with Crippen LogP contribution in [0.25, 0.3) is 0 Å². The van der Waals surface area contributed by atoms with Gasteiger partial charge in [0.2, 0.25) is 0 Å². The van der Waals surface area contributed by atoms with Crippen molar-refractivity contribution >= 4 is 53.2 Å². The zero-order valence-electron chi connectivity index (χ0n) is 9.65. The molecule has 106 valence electrons. The fraction of sp³-hybridized carbons (Fsp3) is 0.300. The van der Waals surface area contributed by atoms with E-state index in [1.54, 1.807) is 0 Å². The van der Waals surface area contributed by atoms with Crippen LogP contribution in [0.2, 0.25) is 5.02 Å². The van der Waals surface area contributed by atoms with Crippen LogP contribution in [-0.2, 0) is 18.5 Å². The van der Waals surface area contributed by atoms with Crippen molar-refractivity contribution in [3.05, 3.63) is 27.2 Å². The number of methoxy groups -OCH3 is 1. The Balaban J connectivity index is 3.11. The molecule has 0 N–H and O–H groups in total. The molecule has 0 aliphatic heterocycles. The third kappa shape index (κ3) is 4.61. The number of hydrogen-bond acceptors (Lipinski definition) is 5. The summed E-state index contributed by atoms with van der Waals surface area (Å²) in [4.78, 5) is 11.4. The van der Waals surface area contributed by atoms with E-state index in [1.165, 1.54) is 13.2 Å². The fourth-order valence-electron chi connectivity index (χ4n) is 1.16. The van der Waals surface area contributed by atoms with Gasteiger partial charge in [0.05, 0.1) is 26.6 Å². The van der Waals surface area contributed by atoms with Crippen LogP contribution in [0.15, 0.2) is 21.5 Å². The van der Waals surface area contributed by atoms with Crippen molar-refractivity contribution < 1.29 is 22.7 Å². The zero-order chi connectivity index (χ0) is 14.6. The predicted molar refractivity (Wildman–Crippen MR) is 74.3 cm³/mol. The van der Waals surface area contributed by atoms with Gasteiger partial charge >= 0.3 is 5.97 Å². The number of carbonyl (C=O) groups excluding carboxylic acids is 1. The SMILES string of the molecule is COCCOC(=O)c1cc(Cl)c(Br)c(S(=O)(=O)Cl)c1. The van der Waals surface area contributed by atoms with Gasteiger partial charge in [-0.2, -0.15) is 0 Å². The van der Waals surface area contributed by atoms with Gasteiger partial charge in [-0.1, -0.05) is 11.6 Å². The second kappa shape index (κ2) is 6.90. The number of ether oxygens (including phenoxy) is 2. The molecule has 0 spiro atoms. The lowest BCUT2D eigenvalue weighted by Crippen LogP contribution is -2.10. The number of esters is 1. The number of carbonyl (C=O) groups is 1. The van der Waals surface area contributed by atoms with Crippen molar-refractivity contribution in [2.45, 2.75) is 4.90 Å². The van der Waals surface area contributed by atoms with Gasteiger partial charge in [-0.3, -0.25) is 0 Å². The molecule has 0 radical (unpaired) electrons. The molecule has 0 bridgehead atoms. The second-order valence-electron chi connectivity index (χ2n) is 3.34. The normalized spacial score (nSPS) is 11.4. The molecule has 0 aliphatic carbocycles. The molecule has 9 heteroatoms. The Morgan fingerprint density at radius 1 is 1.37 bits per heavy atom. The minimum atomic E-state index is -4.03. The molecule has 19 heavy (non-hydrogen) atoms. The molecule has 0 unspecified atom stereocenters. The average Bonchev–Trinajstić information content (AvgIpc) is 2.31. The Labute approximate surface area is 128 Å². The van der Waals surface area contributed by atoms with E-state index < -0.39 is 15.0 Å². The van der Waals surface area contributed by atoms with E-state index in [-0.39, 0.29) is 33.2 Å². The Kier molecular flexibility index (Phi) is 6.07. The topological polar surface area (TPSA) is 69.7 Å². The molecule has 0 atom stereocenters. The summed E-state index contributed by atoms with van der Waals surface area (Å²) in [7, 11) is 2.68. The van der Waals surface area contributed by atoms with Crippen molar-refractivity contribution in [1.82, 2.24) is 0 Å². The maximum Gasteiger partial charge on any atom is 0.338 e. The van der Waals surface area contributed by atoms with Crippen LogP contribution >= 0.6 is 38.2 Å². The highest BCUT2D eigenvalue weighted by Gasteiger charge is 2.21. The van der Waals surface area contributed by atoms with Crippen LogP contribution in [0.1, 0.15) is 10.4 Å². The van der Waals surface area contributed by atoms with Gasteiger partial charge in [-0.25, -0.2) is 13.2 Å². The van der Waals surface area contributed by atoms with Crippen molar-refractivity contribution in [2.24, 2.45) is 0 Å². The van der Waals surface area contributed by atoms with Crippen molar-refractivity contribution in [2.75, 3.05) is 20.3 Å². The smallest absolute Gasteiger partial charge is 0.338 e. The highest BCUT2D eigenvalue weighted by Crippen LogP contribution is 2.33. The Morgan fingerprint density at radius 3 is 2.53 bits per heavy atom. The molecule has 1 rings (SSSR count). The lowest BCUT2D eigenvalue weighted by molar-refractivity contribution is 0.0388. The molecule has 0 fully saturated rings. The molecule has 1 aromatic carbocycles. The Hall–Kier alpha value is -0.340. The highest BCUT2D eigenvalue weighted by atomic mass is 79.9. The lowest BCUT2D eigenvalue weighted by atomic mass is 10.2. The largest absolute Gasteiger partial charge is 0.460 e. The monoisotopic (exact) mass is 390 g/mol. The third-order valence-electron chi connectivity index (χ3n) is 2.01. The molecule has 0 heterocycles. The van der Waals surface area contributed by atoms with Crippen molar-refractivity contribution in [1.29, 1.82) is 0 Å². The van der Waals surface area contributed by atoms with Crippen LogP contribution in [-0.4, -0.2) is 34.7 Å². The van der Waals surface area contributed by atoms with Gasteiger partial charge in [-0.05, 0) is 28.1 Å². The molecule has 0 amide bonds. The standard InChI is InChI=1S/C10H9BrCl2O5S/c1-17-2-3-18-10(14)6-4-7(12)9(11)8(5-6)19(13,15)16/h4-5H,2-3H2,1H3. The molecule has 5 nitrogen and oxygen atoms in total. The third-order valence-corrected chi connectivity index (χ3v) is 5.00. The lowest BCUT2D eigenvalue weighted by Gasteiger charge is -2.08.